The number of amides is 3. The molecular formula is C14H17N3O4. The highest BCUT2D eigenvalue weighted by molar-refractivity contribution is 6.06. The fourth-order valence-corrected chi connectivity index (χ4v) is 2.01. The lowest BCUT2D eigenvalue weighted by Gasteiger charge is -2.39. The van der Waals surface area contributed by atoms with E-state index in [2.05, 4.69) is 5.32 Å². The first-order valence-electron chi connectivity index (χ1n) is 6.44. The van der Waals surface area contributed by atoms with Crippen LogP contribution >= 0.6 is 0 Å². The molecule has 1 aromatic carbocycles. The Morgan fingerprint density at radius 1 is 1.38 bits per heavy atom. The topological polar surface area (TPSA) is 102 Å². The maximum Gasteiger partial charge on any atom is 0.261 e. The zero-order valence-corrected chi connectivity index (χ0v) is 11.9. The number of carbonyl (C=O) groups excluding carboxylic acids is 3. The van der Waals surface area contributed by atoms with Crippen molar-refractivity contribution in [3.8, 4) is 5.75 Å². The second kappa shape index (κ2) is 5.43. The molecule has 1 aliphatic heterocycles. The number of nitrogens with zero attached hydrogens (tertiary/aromatic N) is 1. The van der Waals surface area contributed by atoms with Crippen molar-refractivity contribution in [3.63, 3.8) is 0 Å². The summed E-state index contributed by atoms with van der Waals surface area (Å²) in [5.74, 6) is -1.08. The standard InChI is InChI=1S/C14H17N3O4/c1-14(2)13(20)16-11(18)7-17(14)12(19)8-21-10-6-4-3-5-9(10)15/h3-6H,7-8,15H2,1-2H3,(H,16,18,20). The molecule has 1 fully saturated rings. The van der Waals surface area contributed by atoms with Crippen molar-refractivity contribution in [2.45, 2.75) is 19.4 Å². The van der Waals surface area contributed by atoms with Crippen molar-refractivity contribution < 1.29 is 19.1 Å². The van der Waals surface area contributed by atoms with Gasteiger partial charge < -0.3 is 15.4 Å². The number of carbonyl (C=O) groups is 3. The molecule has 112 valence electrons. The van der Waals surface area contributed by atoms with Crippen LogP contribution in [0.25, 0.3) is 0 Å². The summed E-state index contributed by atoms with van der Waals surface area (Å²) in [6, 6.07) is 6.78. The van der Waals surface area contributed by atoms with Gasteiger partial charge in [-0.25, -0.2) is 0 Å². The first kappa shape index (κ1) is 14.8. The molecule has 1 aromatic rings. The van der Waals surface area contributed by atoms with Crippen molar-refractivity contribution in [2.75, 3.05) is 18.9 Å². The molecule has 7 heteroatoms. The summed E-state index contributed by atoms with van der Waals surface area (Å²) < 4.78 is 5.36. The molecule has 7 nitrogen and oxygen atoms in total. The number of anilines is 1. The van der Waals surface area contributed by atoms with E-state index in [1.165, 1.54) is 4.90 Å². The van der Waals surface area contributed by atoms with Crippen LogP contribution in [0.2, 0.25) is 0 Å². The van der Waals surface area contributed by atoms with Crippen molar-refractivity contribution >= 4 is 23.4 Å². The Balaban J connectivity index is 2.07. The second-order valence-corrected chi connectivity index (χ2v) is 5.24. The maximum absolute atomic E-state index is 12.2. The molecule has 1 saturated heterocycles. The van der Waals surface area contributed by atoms with E-state index < -0.39 is 23.3 Å². The first-order valence-corrected chi connectivity index (χ1v) is 6.44. The number of nitrogens with two attached hydrogens (primary N) is 1. The summed E-state index contributed by atoms with van der Waals surface area (Å²) in [5, 5.41) is 2.20. The van der Waals surface area contributed by atoms with Crippen LogP contribution in [-0.4, -0.2) is 41.3 Å². The number of nitrogen functional groups attached to an aromatic ring is 1. The van der Waals surface area contributed by atoms with Crippen LogP contribution in [0, 0.1) is 0 Å². The van der Waals surface area contributed by atoms with E-state index in [9.17, 15) is 14.4 Å². The van der Waals surface area contributed by atoms with Crippen LogP contribution in [0.3, 0.4) is 0 Å². The summed E-state index contributed by atoms with van der Waals surface area (Å²) in [6.45, 7) is 2.68. The molecule has 0 spiro atoms. The summed E-state index contributed by atoms with van der Waals surface area (Å²) in [4.78, 5) is 36.6. The zero-order chi connectivity index (χ0) is 15.6. The van der Waals surface area contributed by atoms with Crippen LogP contribution in [0.4, 0.5) is 5.69 Å². The lowest BCUT2D eigenvalue weighted by atomic mass is 9.98. The molecule has 1 heterocycles. The van der Waals surface area contributed by atoms with Gasteiger partial charge >= 0.3 is 0 Å². The van der Waals surface area contributed by atoms with Crippen LogP contribution in [0.1, 0.15) is 13.8 Å². The SMILES string of the molecule is CC1(C)C(=O)NC(=O)CN1C(=O)COc1ccccc1N. The molecule has 1 aliphatic rings. The number of hydrogen-bond acceptors (Lipinski definition) is 5. The average Bonchev–Trinajstić information content (AvgIpc) is 2.42. The minimum absolute atomic E-state index is 0.175. The van der Waals surface area contributed by atoms with Crippen molar-refractivity contribution in [1.29, 1.82) is 0 Å². The van der Waals surface area contributed by atoms with Gasteiger partial charge in [0.2, 0.25) is 5.91 Å². The molecule has 0 saturated carbocycles. The number of ether oxygens (including phenoxy) is 1. The highest BCUT2D eigenvalue weighted by atomic mass is 16.5. The highest BCUT2D eigenvalue weighted by Crippen LogP contribution is 2.21. The van der Waals surface area contributed by atoms with Crippen LogP contribution in [0.5, 0.6) is 5.75 Å². The van der Waals surface area contributed by atoms with E-state index in [0.29, 0.717) is 11.4 Å². The van der Waals surface area contributed by atoms with Crippen LogP contribution < -0.4 is 15.8 Å². The van der Waals surface area contributed by atoms with E-state index in [4.69, 9.17) is 10.5 Å². The summed E-state index contributed by atoms with van der Waals surface area (Å²) in [7, 11) is 0. The molecule has 2 rings (SSSR count). The number of nitrogens with one attached hydrogen (secondary N) is 1. The number of para-hydroxylation sites is 2. The Hall–Kier alpha value is -2.57. The predicted octanol–water partition coefficient (Wildman–Crippen LogP) is -0.0888. The maximum atomic E-state index is 12.2. The second-order valence-electron chi connectivity index (χ2n) is 5.24. The Morgan fingerprint density at radius 2 is 2.05 bits per heavy atom. The van der Waals surface area contributed by atoms with Crippen LogP contribution in [-0.2, 0) is 14.4 Å². The molecule has 0 bridgehead atoms. The average molecular weight is 291 g/mol. The number of piperazine rings is 1. The van der Waals surface area contributed by atoms with E-state index in [1.54, 1.807) is 38.1 Å². The molecule has 0 aromatic heterocycles. The Kier molecular flexibility index (Phi) is 3.84. The number of benzene rings is 1. The summed E-state index contributed by atoms with van der Waals surface area (Å²) in [6.07, 6.45) is 0. The summed E-state index contributed by atoms with van der Waals surface area (Å²) in [5.41, 5.74) is 5.03. The third kappa shape index (κ3) is 2.96. The Bertz CT molecular complexity index is 598. The van der Waals surface area contributed by atoms with Gasteiger partial charge in [-0.1, -0.05) is 12.1 Å². The molecular weight excluding hydrogens is 274 g/mol. The fourth-order valence-electron chi connectivity index (χ4n) is 2.01. The van der Waals surface area contributed by atoms with Crippen molar-refractivity contribution in [1.82, 2.24) is 10.2 Å². The van der Waals surface area contributed by atoms with Gasteiger partial charge in [-0.05, 0) is 26.0 Å². The van der Waals surface area contributed by atoms with Crippen molar-refractivity contribution in [3.05, 3.63) is 24.3 Å². The fraction of sp³-hybridized carbons (Fsp3) is 0.357. The zero-order valence-electron chi connectivity index (χ0n) is 11.9. The highest BCUT2D eigenvalue weighted by Gasteiger charge is 2.43. The lowest BCUT2D eigenvalue weighted by Crippen LogP contribution is -2.66. The molecule has 3 amide bonds. The Morgan fingerprint density at radius 3 is 2.71 bits per heavy atom. The number of rotatable bonds is 3. The predicted molar refractivity (Wildman–Crippen MR) is 75.3 cm³/mol. The van der Waals surface area contributed by atoms with E-state index in [1.807, 2.05) is 0 Å². The normalized spacial score (nSPS) is 17.3. The molecule has 0 atom stereocenters. The molecule has 0 radical (unpaired) electrons. The van der Waals surface area contributed by atoms with Gasteiger partial charge in [0.05, 0.1) is 5.69 Å². The number of hydrogen-bond donors (Lipinski definition) is 2. The largest absolute Gasteiger partial charge is 0.482 e. The first-order chi connectivity index (χ1) is 9.82. The number of imide groups is 1. The third-order valence-electron chi connectivity index (χ3n) is 3.36. The molecule has 21 heavy (non-hydrogen) atoms. The lowest BCUT2D eigenvalue weighted by molar-refractivity contribution is -0.156. The van der Waals surface area contributed by atoms with Gasteiger partial charge in [0, 0.05) is 0 Å². The smallest absolute Gasteiger partial charge is 0.261 e. The minimum Gasteiger partial charge on any atom is -0.482 e. The third-order valence-corrected chi connectivity index (χ3v) is 3.36. The van der Waals surface area contributed by atoms with Gasteiger partial charge in [0.1, 0.15) is 17.8 Å². The monoisotopic (exact) mass is 291 g/mol. The minimum atomic E-state index is -1.10. The van der Waals surface area contributed by atoms with E-state index >= 15 is 0 Å². The quantitative estimate of drug-likeness (QED) is 0.598. The van der Waals surface area contributed by atoms with Gasteiger partial charge in [-0.3, -0.25) is 19.7 Å². The Labute approximate surface area is 122 Å². The van der Waals surface area contributed by atoms with Gasteiger partial charge in [0.15, 0.2) is 6.61 Å². The van der Waals surface area contributed by atoms with E-state index in [-0.39, 0.29) is 13.2 Å². The summed E-state index contributed by atoms with van der Waals surface area (Å²) >= 11 is 0. The molecule has 0 unspecified atom stereocenters. The van der Waals surface area contributed by atoms with Crippen LogP contribution in [0.15, 0.2) is 24.3 Å². The van der Waals surface area contributed by atoms with Crippen molar-refractivity contribution in [2.24, 2.45) is 0 Å². The van der Waals surface area contributed by atoms with Gasteiger partial charge in [-0.2, -0.15) is 0 Å². The van der Waals surface area contributed by atoms with Gasteiger partial charge in [-0.15, -0.1) is 0 Å². The van der Waals surface area contributed by atoms with E-state index in [0.717, 1.165) is 0 Å². The van der Waals surface area contributed by atoms with Gasteiger partial charge in [0.25, 0.3) is 11.8 Å². The molecule has 3 N–H and O–H groups in total. The molecule has 0 aliphatic carbocycles.